The number of carbonyl (C=O) groups excluding carboxylic acids is 1. The van der Waals surface area contributed by atoms with E-state index < -0.39 is 6.10 Å². The molecule has 0 heterocycles. The van der Waals surface area contributed by atoms with E-state index in [1.54, 1.807) is 14.0 Å². The lowest BCUT2D eigenvalue weighted by molar-refractivity contribution is 0.142. The molecule has 0 aliphatic rings. The second-order valence-electron chi connectivity index (χ2n) is 5.47. The van der Waals surface area contributed by atoms with Gasteiger partial charge in [-0.1, -0.05) is 42.5 Å². The molecule has 21 heavy (non-hydrogen) atoms. The van der Waals surface area contributed by atoms with E-state index >= 15 is 0 Å². The minimum atomic E-state index is -0.534. The summed E-state index contributed by atoms with van der Waals surface area (Å²) in [5.41, 5.74) is 1.09. The van der Waals surface area contributed by atoms with Gasteiger partial charge in [0.2, 0.25) is 0 Å². The van der Waals surface area contributed by atoms with E-state index in [0.717, 1.165) is 16.3 Å². The number of amides is 2. The molecule has 4 heteroatoms. The van der Waals surface area contributed by atoms with Crippen LogP contribution < -0.4 is 5.32 Å². The van der Waals surface area contributed by atoms with Crippen molar-refractivity contribution < 1.29 is 9.90 Å². The molecule has 0 spiro atoms. The van der Waals surface area contributed by atoms with Gasteiger partial charge in [0.25, 0.3) is 0 Å². The summed E-state index contributed by atoms with van der Waals surface area (Å²) >= 11 is 0. The highest BCUT2D eigenvalue weighted by molar-refractivity contribution is 5.86. The Hall–Kier alpha value is -2.07. The number of benzene rings is 2. The summed E-state index contributed by atoms with van der Waals surface area (Å²) < 4.78 is 0. The Kier molecular flexibility index (Phi) is 4.81. The van der Waals surface area contributed by atoms with Gasteiger partial charge in [-0.15, -0.1) is 0 Å². The van der Waals surface area contributed by atoms with E-state index in [0.29, 0.717) is 6.54 Å². The Balaban J connectivity index is 2.15. The number of urea groups is 1. The summed E-state index contributed by atoms with van der Waals surface area (Å²) in [6.45, 7) is 3.95. The Morgan fingerprint density at radius 2 is 1.86 bits per heavy atom. The van der Waals surface area contributed by atoms with Crippen LogP contribution in [0.15, 0.2) is 42.5 Å². The van der Waals surface area contributed by atoms with Crippen molar-refractivity contribution in [3.05, 3.63) is 48.0 Å². The molecule has 2 unspecified atom stereocenters. The van der Waals surface area contributed by atoms with Gasteiger partial charge in [0.1, 0.15) is 0 Å². The van der Waals surface area contributed by atoms with Crippen LogP contribution in [-0.2, 0) is 0 Å². The van der Waals surface area contributed by atoms with Crippen LogP contribution in [0.2, 0.25) is 0 Å². The number of nitrogens with zero attached hydrogens (tertiary/aromatic N) is 1. The first kappa shape index (κ1) is 15.3. The zero-order chi connectivity index (χ0) is 15.4. The predicted octanol–water partition coefficient (Wildman–Crippen LogP) is 2.92. The number of nitrogens with one attached hydrogen (secondary N) is 1. The fraction of sp³-hybridized carbons (Fsp3) is 0.353. The molecule has 0 aliphatic carbocycles. The number of aliphatic hydroxyl groups is 1. The van der Waals surface area contributed by atoms with Crippen LogP contribution in [0.5, 0.6) is 0 Å². The van der Waals surface area contributed by atoms with E-state index in [-0.39, 0.29) is 12.1 Å². The summed E-state index contributed by atoms with van der Waals surface area (Å²) in [7, 11) is 1.68. The molecule has 112 valence electrons. The number of aliphatic hydroxyl groups excluding tert-OH is 1. The second kappa shape index (κ2) is 6.59. The zero-order valence-corrected chi connectivity index (χ0v) is 12.7. The number of hydrogen-bond donors (Lipinski definition) is 2. The van der Waals surface area contributed by atoms with Gasteiger partial charge in [-0.2, -0.15) is 0 Å². The number of carbonyl (C=O) groups is 1. The maximum atomic E-state index is 12.1. The highest BCUT2D eigenvalue weighted by Gasteiger charge is 2.15. The van der Waals surface area contributed by atoms with E-state index in [1.807, 2.05) is 31.2 Å². The predicted molar refractivity (Wildman–Crippen MR) is 85.2 cm³/mol. The fourth-order valence-electron chi connectivity index (χ4n) is 2.48. The highest BCUT2D eigenvalue weighted by atomic mass is 16.3. The van der Waals surface area contributed by atoms with Crippen molar-refractivity contribution in [3.63, 3.8) is 0 Å². The van der Waals surface area contributed by atoms with Gasteiger partial charge in [0.05, 0.1) is 12.1 Å². The van der Waals surface area contributed by atoms with E-state index in [9.17, 15) is 9.90 Å². The van der Waals surface area contributed by atoms with Crippen LogP contribution in [0.4, 0.5) is 4.79 Å². The normalized spacial score (nSPS) is 13.7. The molecule has 0 radical (unpaired) electrons. The smallest absolute Gasteiger partial charge is 0.317 e. The Labute approximate surface area is 125 Å². The van der Waals surface area contributed by atoms with Gasteiger partial charge in [-0.25, -0.2) is 4.79 Å². The van der Waals surface area contributed by atoms with Crippen LogP contribution in [-0.4, -0.2) is 35.7 Å². The van der Waals surface area contributed by atoms with Crippen molar-refractivity contribution in [2.45, 2.75) is 26.0 Å². The van der Waals surface area contributed by atoms with Crippen LogP contribution in [0, 0.1) is 0 Å². The first-order valence-electron chi connectivity index (χ1n) is 7.16. The van der Waals surface area contributed by atoms with Gasteiger partial charge in [-0.05, 0) is 30.2 Å². The third-order valence-corrected chi connectivity index (χ3v) is 3.51. The molecule has 0 saturated heterocycles. The van der Waals surface area contributed by atoms with Crippen molar-refractivity contribution >= 4 is 16.8 Å². The maximum absolute atomic E-state index is 12.1. The minimum absolute atomic E-state index is 0.0972. The van der Waals surface area contributed by atoms with E-state index in [1.165, 1.54) is 4.90 Å². The highest BCUT2D eigenvalue weighted by Crippen LogP contribution is 2.24. The van der Waals surface area contributed by atoms with Crippen LogP contribution in [0.25, 0.3) is 10.8 Å². The third-order valence-electron chi connectivity index (χ3n) is 3.51. The lowest BCUT2D eigenvalue weighted by Crippen LogP contribution is -2.41. The molecular weight excluding hydrogens is 264 g/mol. The van der Waals surface area contributed by atoms with Gasteiger partial charge >= 0.3 is 6.03 Å². The minimum Gasteiger partial charge on any atom is -0.392 e. The summed E-state index contributed by atoms with van der Waals surface area (Å²) in [6.07, 6.45) is -0.534. The number of fused-ring (bicyclic) bond motifs is 1. The first-order valence-corrected chi connectivity index (χ1v) is 7.16. The molecular formula is C17H22N2O2. The molecule has 2 amide bonds. The lowest BCUT2D eigenvalue weighted by Gasteiger charge is -2.23. The van der Waals surface area contributed by atoms with E-state index in [4.69, 9.17) is 0 Å². The molecule has 2 N–H and O–H groups in total. The van der Waals surface area contributed by atoms with Crippen molar-refractivity contribution in [1.29, 1.82) is 0 Å². The summed E-state index contributed by atoms with van der Waals surface area (Å²) in [4.78, 5) is 13.6. The van der Waals surface area contributed by atoms with Gasteiger partial charge in [-0.3, -0.25) is 0 Å². The molecule has 2 aromatic rings. The van der Waals surface area contributed by atoms with Gasteiger partial charge in [0.15, 0.2) is 0 Å². The Morgan fingerprint density at radius 1 is 1.19 bits per heavy atom. The van der Waals surface area contributed by atoms with Gasteiger partial charge < -0.3 is 15.3 Å². The fourth-order valence-corrected chi connectivity index (χ4v) is 2.48. The van der Waals surface area contributed by atoms with Crippen molar-refractivity contribution in [2.24, 2.45) is 0 Å². The van der Waals surface area contributed by atoms with Crippen LogP contribution >= 0.6 is 0 Å². The lowest BCUT2D eigenvalue weighted by atomic mass is 10.00. The average molecular weight is 286 g/mol. The van der Waals surface area contributed by atoms with Crippen molar-refractivity contribution in [3.8, 4) is 0 Å². The molecule has 0 bridgehead atoms. The van der Waals surface area contributed by atoms with E-state index in [2.05, 4.69) is 23.5 Å². The number of hydrogen-bond acceptors (Lipinski definition) is 2. The first-order chi connectivity index (χ1) is 9.99. The second-order valence-corrected chi connectivity index (χ2v) is 5.47. The molecule has 2 atom stereocenters. The number of rotatable bonds is 4. The molecule has 0 aliphatic heterocycles. The summed E-state index contributed by atoms with van der Waals surface area (Å²) in [5, 5.41) is 14.6. The summed E-state index contributed by atoms with van der Waals surface area (Å²) in [6, 6.07) is 13.9. The molecule has 2 aromatic carbocycles. The average Bonchev–Trinajstić information content (AvgIpc) is 2.45. The maximum Gasteiger partial charge on any atom is 0.317 e. The Morgan fingerprint density at radius 3 is 2.57 bits per heavy atom. The monoisotopic (exact) mass is 286 g/mol. The van der Waals surface area contributed by atoms with Crippen LogP contribution in [0.3, 0.4) is 0 Å². The quantitative estimate of drug-likeness (QED) is 0.908. The molecule has 0 aromatic heterocycles. The van der Waals surface area contributed by atoms with Crippen molar-refractivity contribution in [2.75, 3.05) is 13.6 Å². The molecule has 0 fully saturated rings. The largest absolute Gasteiger partial charge is 0.392 e. The van der Waals surface area contributed by atoms with Gasteiger partial charge in [0, 0.05) is 13.6 Å². The summed E-state index contributed by atoms with van der Waals surface area (Å²) in [5.74, 6) is 0. The SMILES string of the molecule is CC(O)CN(C)C(=O)NC(C)c1cccc2ccccc12. The third kappa shape index (κ3) is 3.73. The number of likely N-dealkylation sites (N-methyl/N-ethyl adjacent to an activating group) is 1. The molecule has 4 nitrogen and oxygen atoms in total. The molecule has 0 saturated carbocycles. The van der Waals surface area contributed by atoms with Crippen molar-refractivity contribution in [1.82, 2.24) is 10.2 Å². The molecule has 2 rings (SSSR count). The Bertz CT molecular complexity index is 620. The standard InChI is InChI=1S/C17H22N2O2/c1-12(20)11-19(3)17(21)18-13(2)15-10-6-8-14-7-4-5-9-16(14)15/h4-10,12-13,20H,11H2,1-3H3,(H,18,21). The zero-order valence-electron chi connectivity index (χ0n) is 12.7. The van der Waals surface area contributed by atoms with Crippen LogP contribution in [0.1, 0.15) is 25.5 Å². The topological polar surface area (TPSA) is 52.6 Å².